The summed E-state index contributed by atoms with van der Waals surface area (Å²) < 4.78 is 18.8. The summed E-state index contributed by atoms with van der Waals surface area (Å²) in [5.41, 5.74) is 15.6. The zero-order chi connectivity index (χ0) is 48.2. The van der Waals surface area contributed by atoms with Gasteiger partial charge in [0.2, 0.25) is 17.8 Å². The number of anilines is 2. The van der Waals surface area contributed by atoms with Gasteiger partial charge in [0.15, 0.2) is 0 Å². The Labute approximate surface area is 388 Å². The first-order valence-electron chi connectivity index (χ1n) is 22.6. The van der Waals surface area contributed by atoms with Crippen LogP contribution in [0.5, 0.6) is 5.75 Å². The average Bonchev–Trinajstić information content (AvgIpc) is 4.05. The number of hydrogen-bond donors (Lipinski definition) is 4. The third kappa shape index (κ3) is 11.1. The van der Waals surface area contributed by atoms with Crippen LogP contribution in [-0.4, -0.2) is 135 Å². The number of imidazole rings is 2. The van der Waals surface area contributed by atoms with E-state index < -0.39 is 23.4 Å². The van der Waals surface area contributed by atoms with Crippen molar-refractivity contribution in [1.29, 1.82) is 0 Å². The van der Waals surface area contributed by atoms with Crippen molar-refractivity contribution in [2.45, 2.75) is 99.6 Å². The zero-order valence-corrected chi connectivity index (χ0v) is 39.3. The second-order valence-corrected chi connectivity index (χ2v) is 17.6. The lowest BCUT2D eigenvalue weighted by atomic mass is 10.1. The van der Waals surface area contributed by atoms with Gasteiger partial charge >= 0.3 is 12.1 Å². The number of ether oxygens (including phenoxy) is 2. The predicted molar refractivity (Wildman–Crippen MR) is 249 cm³/mol. The fourth-order valence-electron chi connectivity index (χ4n) is 8.23. The lowest BCUT2D eigenvalue weighted by Crippen LogP contribution is -2.50. The standard InChI is InChI=1S/C45H61N15O7/c1-8-59-33(23-28(3)52-59)39(62)50-42-48-31-13-17-56(41(47)64)27-35(31)57(42)15-10-11-16-58-37-32(49-43(58)51-40(63)34-24-29(4)53-60(34)9-2)25-30(38(46)61)26-36(37)66-22-12-14-54-18-20-55(21-19-54)44(65)67-45(5,6)7/h10-11,23-26H,8-9,12-22,27H2,1-7H3,(H2,46,61)(H2,47,64)(H,48,50,62)(H,49,51,63)/b11-10+. The molecular formula is C45H61N15O7. The summed E-state index contributed by atoms with van der Waals surface area (Å²) in [7, 11) is 0. The van der Waals surface area contributed by atoms with E-state index in [2.05, 4.69) is 25.7 Å². The Morgan fingerprint density at radius 1 is 0.776 bits per heavy atom. The van der Waals surface area contributed by atoms with Gasteiger partial charge in [0.1, 0.15) is 28.3 Å². The fraction of sp³-hybridized carbons (Fsp3) is 0.489. The van der Waals surface area contributed by atoms with E-state index in [1.165, 1.54) is 4.90 Å². The first kappa shape index (κ1) is 47.7. The predicted octanol–water partition coefficient (Wildman–Crippen LogP) is 3.90. The minimum absolute atomic E-state index is 0.174. The normalized spacial score (nSPS) is 14.4. The SMILES string of the molecule is CCn1nc(C)cc1C(=O)Nc1nc2c(n1C/C=C/Cn1c(NC(=O)c3cc(C)nn3CC)nc3cc(C(N)=O)cc(OCCCN4CCN(C(=O)OC(C)(C)C)CC4)c31)CN(C(N)=O)CC2. The Bertz CT molecular complexity index is 2690. The van der Waals surface area contributed by atoms with Crippen LogP contribution in [0.1, 0.15) is 95.2 Å². The summed E-state index contributed by atoms with van der Waals surface area (Å²) in [6, 6.07) is 5.99. The van der Waals surface area contributed by atoms with E-state index in [1.54, 1.807) is 43.1 Å². The maximum absolute atomic E-state index is 13.9. The second kappa shape index (κ2) is 20.1. The maximum atomic E-state index is 13.9. The smallest absolute Gasteiger partial charge is 0.410 e. The van der Waals surface area contributed by atoms with Gasteiger partial charge in [0, 0.05) is 77.4 Å². The molecule has 4 aromatic heterocycles. The molecule has 0 bridgehead atoms. The number of primary amides is 2. The van der Waals surface area contributed by atoms with Crippen LogP contribution in [0, 0.1) is 13.8 Å². The molecule has 1 fully saturated rings. The Kier molecular flexibility index (Phi) is 14.3. The van der Waals surface area contributed by atoms with Crippen molar-refractivity contribution in [3.05, 3.63) is 76.1 Å². The van der Waals surface area contributed by atoms with Crippen molar-refractivity contribution in [2.75, 3.05) is 56.5 Å². The highest BCUT2D eigenvalue weighted by molar-refractivity contribution is 6.04. The number of aryl methyl sites for hydroxylation is 4. The quantitative estimate of drug-likeness (QED) is 0.0812. The molecule has 2 aliphatic rings. The summed E-state index contributed by atoms with van der Waals surface area (Å²) >= 11 is 0. The molecule has 2 aliphatic heterocycles. The number of nitrogens with zero attached hydrogens (tertiary/aromatic N) is 11. The Hall–Kier alpha value is -7.23. The van der Waals surface area contributed by atoms with Gasteiger partial charge in [-0.25, -0.2) is 19.6 Å². The van der Waals surface area contributed by atoms with Crippen molar-refractivity contribution < 1.29 is 33.4 Å². The zero-order valence-electron chi connectivity index (χ0n) is 39.3. The number of urea groups is 1. The molecule has 6 heterocycles. The van der Waals surface area contributed by atoms with Crippen LogP contribution in [0.25, 0.3) is 11.0 Å². The Balaban J connectivity index is 1.16. The van der Waals surface area contributed by atoms with Crippen molar-refractivity contribution in [3.8, 4) is 5.75 Å². The van der Waals surface area contributed by atoms with Crippen LogP contribution >= 0.6 is 0 Å². The monoisotopic (exact) mass is 923 g/mol. The van der Waals surface area contributed by atoms with Crippen LogP contribution in [0.3, 0.4) is 0 Å². The molecule has 22 nitrogen and oxygen atoms in total. The molecule has 6 amide bonds. The maximum Gasteiger partial charge on any atom is 0.410 e. The molecule has 0 radical (unpaired) electrons. The van der Waals surface area contributed by atoms with Crippen LogP contribution in [0.15, 0.2) is 36.4 Å². The number of piperazine rings is 1. The number of amides is 6. The van der Waals surface area contributed by atoms with E-state index in [0.717, 1.165) is 11.4 Å². The molecule has 0 atom stereocenters. The van der Waals surface area contributed by atoms with Gasteiger partial charge in [-0.3, -0.25) is 39.3 Å². The number of aromatic nitrogens is 8. The molecular weight excluding hydrogens is 863 g/mol. The number of fused-ring (bicyclic) bond motifs is 2. The van der Waals surface area contributed by atoms with Crippen molar-refractivity contribution in [1.82, 2.24) is 53.4 Å². The number of nitrogens with two attached hydrogens (primary N) is 2. The minimum Gasteiger partial charge on any atom is -0.491 e. The molecule has 0 unspecified atom stereocenters. The largest absolute Gasteiger partial charge is 0.491 e. The molecule has 67 heavy (non-hydrogen) atoms. The molecule has 7 rings (SSSR count). The van der Waals surface area contributed by atoms with E-state index in [4.69, 9.17) is 30.9 Å². The molecule has 358 valence electrons. The van der Waals surface area contributed by atoms with Crippen molar-refractivity contribution in [2.24, 2.45) is 11.5 Å². The van der Waals surface area contributed by atoms with Crippen LogP contribution in [0.2, 0.25) is 0 Å². The molecule has 0 aliphatic carbocycles. The second-order valence-electron chi connectivity index (χ2n) is 17.6. The first-order valence-corrected chi connectivity index (χ1v) is 22.6. The molecule has 0 saturated carbocycles. The number of rotatable bonds is 16. The average molecular weight is 924 g/mol. The molecule has 6 N–H and O–H groups in total. The number of carbonyl (C=O) groups is 5. The van der Waals surface area contributed by atoms with E-state index >= 15 is 0 Å². The number of nitrogens with one attached hydrogen (secondary N) is 2. The van der Waals surface area contributed by atoms with Gasteiger partial charge in [-0.1, -0.05) is 12.2 Å². The number of hydrogen-bond acceptors (Lipinski definition) is 12. The topological polar surface area (TPSA) is 261 Å². The van der Waals surface area contributed by atoms with Gasteiger partial charge in [-0.2, -0.15) is 10.2 Å². The van der Waals surface area contributed by atoms with E-state index in [9.17, 15) is 24.0 Å². The third-order valence-corrected chi connectivity index (χ3v) is 11.5. The fourth-order valence-corrected chi connectivity index (χ4v) is 8.23. The third-order valence-electron chi connectivity index (χ3n) is 11.5. The molecule has 22 heteroatoms. The van der Waals surface area contributed by atoms with Crippen LogP contribution in [0.4, 0.5) is 21.5 Å². The van der Waals surface area contributed by atoms with Gasteiger partial charge in [-0.05, 0) is 79.2 Å². The molecule has 5 aromatic rings. The highest BCUT2D eigenvalue weighted by Crippen LogP contribution is 2.32. The van der Waals surface area contributed by atoms with E-state index in [0.29, 0.717) is 111 Å². The summed E-state index contributed by atoms with van der Waals surface area (Å²) in [6.07, 6.45) is 4.52. The van der Waals surface area contributed by atoms with Gasteiger partial charge < -0.3 is 39.9 Å². The number of benzene rings is 1. The molecule has 1 aromatic carbocycles. The van der Waals surface area contributed by atoms with Crippen molar-refractivity contribution >= 4 is 52.8 Å². The number of allylic oxidation sites excluding steroid dienone is 2. The van der Waals surface area contributed by atoms with Crippen LogP contribution in [-0.2, 0) is 43.9 Å². The lowest BCUT2D eigenvalue weighted by Gasteiger charge is -2.35. The highest BCUT2D eigenvalue weighted by Gasteiger charge is 2.29. The highest BCUT2D eigenvalue weighted by atomic mass is 16.6. The van der Waals surface area contributed by atoms with Gasteiger partial charge in [0.05, 0.1) is 41.4 Å². The van der Waals surface area contributed by atoms with E-state index in [1.807, 2.05) is 65.2 Å². The van der Waals surface area contributed by atoms with Gasteiger partial charge in [0.25, 0.3) is 11.8 Å². The van der Waals surface area contributed by atoms with E-state index in [-0.39, 0.29) is 49.8 Å². The van der Waals surface area contributed by atoms with Gasteiger partial charge in [-0.15, -0.1) is 0 Å². The van der Waals surface area contributed by atoms with Crippen LogP contribution < -0.4 is 26.8 Å². The summed E-state index contributed by atoms with van der Waals surface area (Å²) in [4.78, 5) is 80.1. The number of carbonyl (C=O) groups excluding carboxylic acids is 5. The summed E-state index contributed by atoms with van der Waals surface area (Å²) in [5.74, 6) is -0.651. The summed E-state index contributed by atoms with van der Waals surface area (Å²) in [5, 5.41) is 14.8. The molecule has 1 saturated heterocycles. The first-order chi connectivity index (χ1) is 31.9. The summed E-state index contributed by atoms with van der Waals surface area (Å²) in [6.45, 7) is 18.4. The Morgan fingerprint density at radius 3 is 1.94 bits per heavy atom. The Morgan fingerprint density at radius 2 is 1.37 bits per heavy atom. The van der Waals surface area contributed by atoms with Crippen molar-refractivity contribution in [3.63, 3.8) is 0 Å². The lowest BCUT2D eigenvalue weighted by molar-refractivity contribution is 0.0141. The molecule has 0 spiro atoms. The minimum atomic E-state index is -0.673.